The average Bonchev–Trinajstić information content (AvgIpc) is 4.25. The van der Waals surface area contributed by atoms with Gasteiger partial charge in [-0.3, -0.25) is 9.80 Å². The van der Waals surface area contributed by atoms with E-state index >= 15 is 0 Å². The number of carbonyl (C=O) groups excluding carboxylic acids is 1. The molecule has 0 radical (unpaired) electrons. The van der Waals surface area contributed by atoms with Crippen LogP contribution in [0.3, 0.4) is 0 Å². The summed E-state index contributed by atoms with van der Waals surface area (Å²) in [5.41, 5.74) is 8.66. The van der Waals surface area contributed by atoms with E-state index in [2.05, 4.69) is 43.2 Å². The molecule has 4 saturated heterocycles. The van der Waals surface area contributed by atoms with Crippen LogP contribution in [-0.4, -0.2) is 105 Å². The number of hydrogen-bond acceptors (Lipinski definition) is 11. The topological polar surface area (TPSA) is 143 Å². The molecule has 0 saturated carbocycles. The van der Waals surface area contributed by atoms with Crippen LogP contribution in [-0.2, 0) is 53.6 Å². The molecule has 4 atom stereocenters. The number of aromatic carboxylic acids is 1. The summed E-state index contributed by atoms with van der Waals surface area (Å²) in [5, 5.41) is 10.2. The average molecular weight is 1110 g/mol. The largest absolute Gasteiger partial charge is 0.486 e. The maximum Gasteiger partial charge on any atom is 0.337 e. The summed E-state index contributed by atoms with van der Waals surface area (Å²) < 4.78 is 60.3. The van der Waals surface area contributed by atoms with Crippen molar-refractivity contribution in [3.63, 3.8) is 0 Å². The standard InChI is InChI=1S/C31H31ClFN3O4.C30H29ClFN3O4/c1-38-31(37)22-5-7-27-28(14-22)36(17-25-10-12-39-25)30(34-27)18-35-11-9-23(16-35)21-4-2-3-20(13-21)19-40-29-8-6-24(32)15-26(29)33;31-23-5-7-28(25(32)14-23)39-18-19-2-1-3-20(12-19)22-8-10-34(15-22)17-29-33-26-6-4-21(30(36)37)13-27(26)35(29)16-24-9-11-38-24/h2-8,13-15,23,25H,9-12,16-19H2,1H3;1-7,12-14,22,24H,8-11,15-18H2,(H,36,37)/t23-,25+;22-,24+/m11/s1. The second-order valence-corrected chi connectivity index (χ2v) is 21.6. The first kappa shape index (κ1) is 54.1. The predicted molar refractivity (Wildman–Crippen MR) is 296 cm³/mol. The second-order valence-electron chi connectivity index (χ2n) is 20.7. The van der Waals surface area contributed by atoms with Crippen molar-refractivity contribution in [1.82, 2.24) is 28.9 Å². The Bertz CT molecular complexity index is 3510. The molecule has 18 heteroatoms. The molecule has 79 heavy (non-hydrogen) atoms. The maximum absolute atomic E-state index is 14.1. The van der Waals surface area contributed by atoms with E-state index in [1.165, 1.54) is 30.4 Å². The third-order valence-corrected chi connectivity index (χ3v) is 15.8. The highest BCUT2D eigenvalue weighted by atomic mass is 35.5. The zero-order valence-corrected chi connectivity index (χ0v) is 45.2. The van der Waals surface area contributed by atoms with E-state index in [0.29, 0.717) is 53.6 Å². The molecule has 2 aromatic heterocycles. The zero-order valence-electron chi connectivity index (χ0n) is 43.7. The lowest BCUT2D eigenvalue weighted by molar-refractivity contribution is -0.0592. The van der Waals surface area contributed by atoms with Crippen LogP contribution in [0.15, 0.2) is 121 Å². The van der Waals surface area contributed by atoms with Gasteiger partial charge in [-0.15, -0.1) is 0 Å². The lowest BCUT2D eigenvalue weighted by Gasteiger charge is -2.28. The summed E-state index contributed by atoms with van der Waals surface area (Å²) >= 11 is 11.7. The van der Waals surface area contributed by atoms with E-state index in [1.807, 2.05) is 36.4 Å². The Balaban J connectivity index is 0.000000167. The molecule has 0 amide bonds. The van der Waals surface area contributed by atoms with Crippen molar-refractivity contribution in [2.45, 2.75) is 89.1 Å². The number of rotatable bonds is 18. The number of likely N-dealkylation sites (tertiary alicyclic amines) is 2. The van der Waals surface area contributed by atoms with E-state index in [9.17, 15) is 23.5 Å². The number of fused-ring (bicyclic) bond motifs is 2. The Hall–Kier alpha value is -6.92. The number of methoxy groups -OCH3 is 1. The van der Waals surface area contributed by atoms with E-state index in [1.54, 1.807) is 48.5 Å². The molecular weight excluding hydrogens is 1050 g/mol. The molecule has 4 aliphatic heterocycles. The summed E-state index contributed by atoms with van der Waals surface area (Å²) in [5.74, 6) is 0.776. The number of carboxylic acid groups (broad SMARTS) is 1. The number of nitrogens with zero attached hydrogens (tertiary/aromatic N) is 6. The van der Waals surface area contributed by atoms with Crippen LogP contribution in [0.2, 0.25) is 10.0 Å². The van der Waals surface area contributed by atoms with Crippen molar-refractivity contribution in [3.8, 4) is 11.5 Å². The highest BCUT2D eigenvalue weighted by Gasteiger charge is 2.30. The third-order valence-electron chi connectivity index (χ3n) is 15.4. The van der Waals surface area contributed by atoms with Crippen LogP contribution in [0.25, 0.3) is 22.1 Å². The minimum Gasteiger partial charge on any atom is -0.486 e. The molecule has 0 bridgehead atoms. The van der Waals surface area contributed by atoms with Crippen molar-refractivity contribution >= 4 is 57.2 Å². The fraction of sp³-hybridized carbons (Fsp3) is 0.344. The number of esters is 1. The molecule has 6 heterocycles. The van der Waals surface area contributed by atoms with Crippen LogP contribution < -0.4 is 9.47 Å². The van der Waals surface area contributed by atoms with Crippen LogP contribution in [0.1, 0.15) is 92.1 Å². The summed E-state index contributed by atoms with van der Waals surface area (Å²) in [4.78, 5) is 38.4. The van der Waals surface area contributed by atoms with E-state index in [0.717, 1.165) is 110 Å². The normalized spacial score (nSPS) is 19.2. The van der Waals surface area contributed by atoms with Gasteiger partial charge in [0.1, 0.15) is 24.9 Å². The monoisotopic (exact) mass is 1110 g/mol. The van der Waals surface area contributed by atoms with Gasteiger partial charge in [-0.25, -0.2) is 28.3 Å². The maximum atomic E-state index is 14.1. The Morgan fingerprint density at radius 2 is 1.09 bits per heavy atom. The molecule has 6 aromatic carbocycles. The van der Waals surface area contributed by atoms with Gasteiger partial charge in [0.25, 0.3) is 0 Å². The number of benzene rings is 6. The van der Waals surface area contributed by atoms with Crippen LogP contribution >= 0.6 is 23.2 Å². The molecule has 1 N–H and O–H groups in total. The molecule has 4 aliphatic rings. The summed E-state index contributed by atoms with van der Waals surface area (Å²) in [6.45, 7) is 8.56. The highest BCUT2D eigenvalue weighted by molar-refractivity contribution is 6.30. The number of hydrogen-bond donors (Lipinski definition) is 1. The van der Waals surface area contributed by atoms with Crippen molar-refractivity contribution in [2.24, 2.45) is 0 Å². The SMILES string of the molecule is COC(=O)c1ccc2nc(CN3CC[C@@H](c4cccc(COc5ccc(Cl)cc5F)c4)C3)n(C[C@@H]3CCO3)c2c1.O=C(O)c1ccc2nc(CN3CC[C@@H](c4cccc(COc5ccc(Cl)cc5F)c4)C3)n(C[C@@H]3CCO3)c2c1. The first-order chi connectivity index (χ1) is 38.4. The molecule has 0 aliphatic carbocycles. The Morgan fingerprint density at radius 3 is 1.52 bits per heavy atom. The molecule has 0 unspecified atom stereocenters. The van der Waals surface area contributed by atoms with Crippen molar-refractivity contribution in [1.29, 1.82) is 0 Å². The Labute approximate surface area is 466 Å². The first-order valence-corrected chi connectivity index (χ1v) is 27.5. The molecule has 8 aromatic rings. The lowest BCUT2D eigenvalue weighted by atomic mass is 9.97. The quantitative estimate of drug-likeness (QED) is 0.0817. The molecule has 4 fully saturated rings. The van der Waals surface area contributed by atoms with E-state index in [-0.39, 0.29) is 48.5 Å². The van der Waals surface area contributed by atoms with Gasteiger partial charge in [-0.1, -0.05) is 71.7 Å². The van der Waals surface area contributed by atoms with Gasteiger partial charge in [0.15, 0.2) is 23.1 Å². The molecule has 0 spiro atoms. The van der Waals surface area contributed by atoms with E-state index in [4.69, 9.17) is 56.9 Å². The van der Waals surface area contributed by atoms with Gasteiger partial charge in [0, 0.05) is 36.3 Å². The third kappa shape index (κ3) is 12.8. The molecular formula is C61H60Cl2F2N6O8. The lowest BCUT2D eigenvalue weighted by Crippen LogP contribution is -2.32. The highest BCUT2D eigenvalue weighted by Crippen LogP contribution is 2.34. The number of ether oxygens (including phenoxy) is 5. The van der Waals surface area contributed by atoms with Crippen molar-refractivity contribution in [2.75, 3.05) is 46.5 Å². The summed E-state index contributed by atoms with van der Waals surface area (Å²) in [6.07, 6.45) is 4.36. The van der Waals surface area contributed by atoms with E-state index < -0.39 is 17.6 Å². The van der Waals surface area contributed by atoms with Gasteiger partial charge in [-0.2, -0.15) is 0 Å². The minimum absolute atomic E-state index is 0.132. The van der Waals surface area contributed by atoms with Crippen molar-refractivity contribution < 1.29 is 47.2 Å². The molecule has 14 nitrogen and oxygen atoms in total. The summed E-state index contributed by atoms with van der Waals surface area (Å²) in [7, 11) is 1.39. The van der Waals surface area contributed by atoms with Gasteiger partial charge < -0.3 is 37.9 Å². The first-order valence-electron chi connectivity index (χ1n) is 26.7. The Morgan fingerprint density at radius 1 is 0.620 bits per heavy atom. The van der Waals surface area contributed by atoms with Crippen molar-refractivity contribution in [3.05, 3.63) is 188 Å². The zero-order chi connectivity index (χ0) is 54.6. The molecule has 12 rings (SSSR count). The predicted octanol–water partition coefficient (Wildman–Crippen LogP) is 11.9. The Kier molecular flexibility index (Phi) is 16.6. The number of halogens is 4. The van der Waals surface area contributed by atoms with Gasteiger partial charge in [0.05, 0.1) is 78.7 Å². The number of carbonyl (C=O) groups is 2. The van der Waals surface area contributed by atoms with Gasteiger partial charge in [0.2, 0.25) is 0 Å². The van der Waals surface area contributed by atoms with Crippen LogP contribution in [0.4, 0.5) is 8.78 Å². The summed E-state index contributed by atoms with van der Waals surface area (Å²) in [6, 6.07) is 36.1. The smallest absolute Gasteiger partial charge is 0.337 e. The number of aromatic nitrogens is 4. The number of carboxylic acids is 1. The van der Waals surface area contributed by atoms with Crippen LogP contribution in [0.5, 0.6) is 11.5 Å². The van der Waals surface area contributed by atoms with Gasteiger partial charge >= 0.3 is 11.9 Å². The number of imidazole rings is 2. The minimum atomic E-state index is -0.945. The van der Waals surface area contributed by atoms with Gasteiger partial charge in [-0.05, 0) is 146 Å². The molecule has 410 valence electrons. The van der Waals surface area contributed by atoms with Crippen LogP contribution in [0, 0.1) is 11.6 Å². The second kappa shape index (κ2) is 24.2. The fourth-order valence-corrected chi connectivity index (χ4v) is 11.2. The fourth-order valence-electron chi connectivity index (χ4n) is 10.9.